The quantitative estimate of drug-likeness (QED) is 0.127. The molecular formula is C33H32Cl2N4O. The fraction of sp³-hybridized carbons (Fsp3) is 0.212. The zero-order chi connectivity index (χ0) is 26.6. The molecule has 0 aliphatic carbocycles. The van der Waals surface area contributed by atoms with Gasteiger partial charge in [-0.15, -0.1) is 12.4 Å². The first-order valence-electron chi connectivity index (χ1n) is 13.5. The Kier molecular flexibility index (Phi) is 8.73. The van der Waals surface area contributed by atoms with E-state index in [9.17, 15) is 0 Å². The number of fused-ring (bicyclic) bond motifs is 4. The van der Waals surface area contributed by atoms with E-state index in [4.69, 9.17) is 26.3 Å². The second-order valence-corrected chi connectivity index (χ2v) is 10.3. The summed E-state index contributed by atoms with van der Waals surface area (Å²) in [6.45, 7) is 1.83. The molecular weight excluding hydrogens is 539 g/mol. The number of pyridine rings is 2. The Morgan fingerprint density at radius 1 is 0.600 bits per heavy atom. The molecule has 0 unspecified atom stereocenters. The largest absolute Gasteiger partial charge is 0.497 e. The summed E-state index contributed by atoms with van der Waals surface area (Å²) in [7, 11) is 1.69. The normalized spacial score (nSPS) is 11.2. The van der Waals surface area contributed by atoms with Gasteiger partial charge in [0.15, 0.2) is 0 Å². The zero-order valence-corrected chi connectivity index (χ0v) is 24.0. The van der Waals surface area contributed by atoms with Gasteiger partial charge in [0.1, 0.15) is 5.75 Å². The summed E-state index contributed by atoms with van der Waals surface area (Å²) >= 11 is 6.26. The van der Waals surface area contributed by atoms with Crippen LogP contribution in [0.2, 0.25) is 5.02 Å². The van der Waals surface area contributed by atoms with Gasteiger partial charge >= 0.3 is 0 Å². The molecule has 7 heteroatoms. The Morgan fingerprint density at radius 3 is 1.80 bits per heavy atom. The molecule has 4 aromatic carbocycles. The van der Waals surface area contributed by atoms with Crippen LogP contribution < -0.4 is 15.4 Å². The number of hydrogen-bond acceptors (Lipinski definition) is 5. The molecule has 40 heavy (non-hydrogen) atoms. The molecule has 6 aromatic rings. The van der Waals surface area contributed by atoms with E-state index >= 15 is 0 Å². The van der Waals surface area contributed by atoms with Crippen LogP contribution in [0.25, 0.3) is 43.6 Å². The molecule has 0 aliphatic rings. The molecule has 5 nitrogen and oxygen atoms in total. The predicted molar refractivity (Wildman–Crippen MR) is 173 cm³/mol. The molecule has 0 amide bonds. The summed E-state index contributed by atoms with van der Waals surface area (Å²) in [5.41, 5.74) is 6.15. The zero-order valence-electron chi connectivity index (χ0n) is 22.4. The molecule has 2 heterocycles. The fourth-order valence-electron chi connectivity index (χ4n) is 5.27. The van der Waals surface area contributed by atoms with Crippen molar-refractivity contribution < 1.29 is 4.74 Å². The number of para-hydroxylation sites is 2. The van der Waals surface area contributed by atoms with Gasteiger partial charge in [0, 0.05) is 39.7 Å². The number of anilines is 2. The van der Waals surface area contributed by atoms with Gasteiger partial charge in [-0.3, -0.25) is 0 Å². The highest BCUT2D eigenvalue weighted by molar-refractivity contribution is 6.31. The third kappa shape index (κ3) is 5.72. The van der Waals surface area contributed by atoms with Crippen molar-refractivity contribution in [2.45, 2.75) is 25.7 Å². The molecule has 0 saturated carbocycles. The van der Waals surface area contributed by atoms with Crippen molar-refractivity contribution in [3.63, 3.8) is 0 Å². The number of rotatable bonds is 10. The minimum atomic E-state index is 0. The van der Waals surface area contributed by atoms with Crippen molar-refractivity contribution in [1.29, 1.82) is 0 Å². The molecule has 0 bridgehead atoms. The first kappa shape index (κ1) is 27.8. The molecule has 0 fully saturated rings. The maximum absolute atomic E-state index is 6.26. The predicted octanol–water partition coefficient (Wildman–Crippen LogP) is 9.26. The second kappa shape index (κ2) is 12.6. The van der Waals surface area contributed by atoms with Crippen molar-refractivity contribution in [2.75, 3.05) is 30.8 Å². The molecule has 0 radical (unpaired) electrons. The van der Waals surface area contributed by atoms with Crippen molar-refractivity contribution in [1.82, 2.24) is 9.97 Å². The van der Waals surface area contributed by atoms with E-state index in [-0.39, 0.29) is 12.4 Å². The SMILES string of the molecule is COc1ccc2nc3cc(Cl)ccc3c(NCCCCCCNc3c4ccccc4nc4ccccc34)c2c1.Cl. The highest BCUT2D eigenvalue weighted by atomic mass is 35.5. The minimum absolute atomic E-state index is 0. The average Bonchev–Trinajstić information content (AvgIpc) is 2.97. The summed E-state index contributed by atoms with van der Waals surface area (Å²) in [6.07, 6.45) is 4.52. The number of nitrogens with zero attached hydrogens (tertiary/aromatic N) is 2. The van der Waals surface area contributed by atoms with Crippen LogP contribution >= 0.6 is 24.0 Å². The third-order valence-corrected chi connectivity index (χ3v) is 7.47. The lowest BCUT2D eigenvalue weighted by Gasteiger charge is -2.15. The highest BCUT2D eigenvalue weighted by Gasteiger charge is 2.11. The molecule has 204 valence electrons. The Morgan fingerprint density at radius 2 is 1.15 bits per heavy atom. The van der Waals surface area contributed by atoms with Gasteiger partial charge in [-0.1, -0.05) is 60.8 Å². The molecule has 0 aliphatic heterocycles. The monoisotopic (exact) mass is 570 g/mol. The van der Waals surface area contributed by atoms with Gasteiger partial charge in [0.25, 0.3) is 0 Å². The Balaban J connectivity index is 0.00000323. The molecule has 0 saturated heterocycles. The number of unbranched alkanes of at least 4 members (excludes halogenated alkanes) is 3. The molecule has 2 aromatic heterocycles. The van der Waals surface area contributed by atoms with Crippen LogP contribution in [0, 0.1) is 0 Å². The summed E-state index contributed by atoms with van der Waals surface area (Å²) in [5.74, 6) is 0.822. The van der Waals surface area contributed by atoms with E-state index in [1.54, 1.807) is 7.11 Å². The van der Waals surface area contributed by atoms with E-state index < -0.39 is 0 Å². The Hall–Kier alpha value is -3.80. The van der Waals surface area contributed by atoms with Crippen molar-refractivity contribution in [3.8, 4) is 5.75 Å². The topological polar surface area (TPSA) is 59.1 Å². The molecule has 0 spiro atoms. The second-order valence-electron chi connectivity index (χ2n) is 9.82. The van der Waals surface area contributed by atoms with Gasteiger partial charge in [0.2, 0.25) is 0 Å². The van der Waals surface area contributed by atoms with Crippen LogP contribution in [0.5, 0.6) is 5.75 Å². The highest BCUT2D eigenvalue weighted by Crippen LogP contribution is 2.34. The van der Waals surface area contributed by atoms with Crippen LogP contribution in [0.1, 0.15) is 25.7 Å². The number of halogens is 2. The number of aromatic nitrogens is 2. The van der Waals surface area contributed by atoms with Crippen molar-refractivity contribution >= 4 is 79.0 Å². The van der Waals surface area contributed by atoms with Gasteiger partial charge in [-0.05, 0) is 61.4 Å². The summed E-state index contributed by atoms with van der Waals surface area (Å²) in [4.78, 5) is 9.65. The standard InChI is InChI=1S/C33H31ClN4O.ClH/c1-39-23-15-17-30-27(21-23)33(26-16-14-22(34)20-31(26)38-30)36-19-9-3-2-8-18-35-32-24-10-4-6-12-28(24)37-29-13-7-5-11-25(29)32;/h4-7,10-17,20-21H,2-3,8-9,18-19H2,1H3,(H,35,37)(H,36,38);1H. The van der Waals surface area contributed by atoms with E-state index in [1.165, 1.54) is 16.5 Å². The lowest BCUT2D eigenvalue weighted by molar-refractivity contribution is 0.415. The third-order valence-electron chi connectivity index (χ3n) is 7.24. The lowest BCUT2D eigenvalue weighted by atomic mass is 10.1. The van der Waals surface area contributed by atoms with Crippen LogP contribution in [0.3, 0.4) is 0 Å². The maximum atomic E-state index is 6.26. The fourth-order valence-corrected chi connectivity index (χ4v) is 5.44. The molecule has 0 atom stereocenters. The van der Waals surface area contributed by atoms with E-state index in [0.29, 0.717) is 5.02 Å². The van der Waals surface area contributed by atoms with Crippen molar-refractivity contribution in [3.05, 3.63) is 90.0 Å². The van der Waals surface area contributed by atoms with Gasteiger partial charge in [0.05, 0.1) is 40.6 Å². The number of benzene rings is 4. The first-order chi connectivity index (χ1) is 19.2. The maximum Gasteiger partial charge on any atom is 0.119 e. The first-order valence-corrected chi connectivity index (χ1v) is 13.9. The lowest BCUT2D eigenvalue weighted by Crippen LogP contribution is -2.05. The number of ether oxygens (including phenoxy) is 1. The Labute approximate surface area is 245 Å². The number of methoxy groups -OCH3 is 1. The van der Waals surface area contributed by atoms with Gasteiger partial charge < -0.3 is 15.4 Å². The van der Waals surface area contributed by atoms with Crippen LogP contribution in [-0.2, 0) is 0 Å². The van der Waals surface area contributed by atoms with Crippen LogP contribution in [-0.4, -0.2) is 30.2 Å². The summed E-state index contributed by atoms with van der Waals surface area (Å²) < 4.78 is 5.48. The van der Waals surface area contributed by atoms with E-state index in [0.717, 1.165) is 83.0 Å². The molecule has 2 N–H and O–H groups in total. The summed E-state index contributed by atoms with van der Waals surface area (Å²) in [5, 5.41) is 12.6. The number of hydrogen-bond donors (Lipinski definition) is 2. The number of nitrogens with one attached hydrogen (secondary N) is 2. The minimum Gasteiger partial charge on any atom is -0.497 e. The van der Waals surface area contributed by atoms with E-state index in [1.807, 2.05) is 42.5 Å². The van der Waals surface area contributed by atoms with Crippen LogP contribution in [0.4, 0.5) is 11.4 Å². The van der Waals surface area contributed by atoms with Gasteiger partial charge in [-0.2, -0.15) is 0 Å². The van der Waals surface area contributed by atoms with Crippen LogP contribution in [0.15, 0.2) is 84.9 Å². The molecule has 6 rings (SSSR count). The average molecular weight is 572 g/mol. The van der Waals surface area contributed by atoms with Crippen molar-refractivity contribution in [2.24, 2.45) is 0 Å². The Bertz CT molecular complexity index is 1740. The van der Waals surface area contributed by atoms with E-state index in [2.05, 4.69) is 53.1 Å². The summed E-state index contributed by atoms with van der Waals surface area (Å²) in [6, 6.07) is 28.6. The smallest absolute Gasteiger partial charge is 0.119 e. The van der Waals surface area contributed by atoms with Gasteiger partial charge in [-0.25, -0.2) is 9.97 Å².